The lowest BCUT2D eigenvalue weighted by atomic mass is 9.85. The van der Waals surface area contributed by atoms with Gasteiger partial charge in [-0.1, -0.05) is 87.5 Å². The van der Waals surface area contributed by atoms with Crippen LogP contribution in [0.5, 0.6) is 0 Å². The van der Waals surface area contributed by atoms with E-state index in [4.69, 9.17) is 9.16 Å². The van der Waals surface area contributed by atoms with Crippen molar-refractivity contribution >= 4 is 30.4 Å². The molecule has 1 unspecified atom stereocenters. The summed E-state index contributed by atoms with van der Waals surface area (Å²) >= 11 is 0. The third-order valence-corrected chi connectivity index (χ3v) is 10.7. The van der Waals surface area contributed by atoms with Gasteiger partial charge in [0, 0.05) is 0 Å². The quantitative estimate of drug-likeness (QED) is 0.418. The molecule has 0 aromatic heterocycles. The predicted molar refractivity (Wildman–Crippen MR) is 117 cm³/mol. The van der Waals surface area contributed by atoms with Gasteiger partial charge in [0.1, 0.15) is 0 Å². The Hall–Kier alpha value is -2.50. The molecule has 1 aliphatic carbocycles. The van der Waals surface area contributed by atoms with Crippen molar-refractivity contribution in [3.05, 3.63) is 72.8 Å². The first-order valence-electron chi connectivity index (χ1n) is 9.82. The largest absolute Gasteiger partial charge is 0.468 e. The molecular weight excluding hydrogens is 380 g/mol. The van der Waals surface area contributed by atoms with E-state index >= 15 is 0 Å². The van der Waals surface area contributed by atoms with Crippen molar-refractivity contribution in [2.75, 3.05) is 13.7 Å². The van der Waals surface area contributed by atoms with Crippen molar-refractivity contribution in [1.29, 1.82) is 0 Å². The van der Waals surface area contributed by atoms with E-state index in [1.165, 1.54) is 13.2 Å². The Morgan fingerprint density at radius 3 is 1.90 bits per heavy atom. The molecular formula is C24H28O4Si. The molecule has 4 nitrogen and oxygen atoms in total. The van der Waals surface area contributed by atoms with Gasteiger partial charge >= 0.3 is 5.97 Å². The summed E-state index contributed by atoms with van der Waals surface area (Å²) in [6, 6.07) is 20.3. The number of allylic oxidation sites excluding steroid dienone is 2. The van der Waals surface area contributed by atoms with Crippen LogP contribution in [0, 0.1) is 5.41 Å². The zero-order valence-corrected chi connectivity index (χ0v) is 18.5. The van der Waals surface area contributed by atoms with Crippen LogP contribution >= 0.6 is 0 Å². The summed E-state index contributed by atoms with van der Waals surface area (Å²) in [6.07, 6.45) is 3.50. The molecule has 0 saturated heterocycles. The second-order valence-electron chi connectivity index (χ2n) is 8.50. The van der Waals surface area contributed by atoms with E-state index in [0.29, 0.717) is 6.42 Å². The van der Waals surface area contributed by atoms with Gasteiger partial charge in [0.05, 0.1) is 13.7 Å². The Balaban J connectivity index is 2.14. The molecule has 5 heteroatoms. The molecule has 29 heavy (non-hydrogen) atoms. The zero-order valence-electron chi connectivity index (χ0n) is 17.5. The number of hydrogen-bond acceptors (Lipinski definition) is 4. The molecule has 3 rings (SSSR count). The minimum atomic E-state index is -2.84. The Morgan fingerprint density at radius 2 is 1.52 bits per heavy atom. The maximum Gasteiger partial charge on any atom is 0.322 e. The molecule has 0 heterocycles. The molecule has 1 aliphatic rings. The first kappa shape index (κ1) is 21.2. The van der Waals surface area contributed by atoms with Crippen molar-refractivity contribution in [1.82, 2.24) is 0 Å². The van der Waals surface area contributed by atoms with Crippen LogP contribution in [-0.2, 0) is 18.8 Å². The van der Waals surface area contributed by atoms with Crippen LogP contribution in [-0.4, -0.2) is 33.8 Å². The van der Waals surface area contributed by atoms with E-state index < -0.39 is 19.7 Å². The molecule has 0 radical (unpaired) electrons. The number of hydrogen-bond donors (Lipinski definition) is 0. The Morgan fingerprint density at radius 1 is 1.00 bits per heavy atom. The molecule has 2 aromatic carbocycles. The minimum Gasteiger partial charge on any atom is -0.468 e. The van der Waals surface area contributed by atoms with Crippen LogP contribution in [0.25, 0.3) is 0 Å². The molecule has 0 fully saturated rings. The van der Waals surface area contributed by atoms with Gasteiger partial charge in [0.25, 0.3) is 8.32 Å². The third-order valence-electron chi connectivity index (χ3n) is 5.74. The molecule has 0 amide bonds. The zero-order chi connectivity index (χ0) is 21.1. The summed E-state index contributed by atoms with van der Waals surface area (Å²) in [7, 11) is -1.52. The standard InChI is InChI=1S/C24H28O4Si/c1-23(2,3)29(19-12-7-5-8-13-19,20-14-9-6-10-15-20)28-18-24(22(26)27-4)17-11-16-21(24)25/h5-16H,17-18H2,1-4H3. The molecule has 0 bridgehead atoms. The van der Waals surface area contributed by atoms with Crippen molar-refractivity contribution < 1.29 is 18.8 Å². The number of benzene rings is 2. The fourth-order valence-corrected chi connectivity index (χ4v) is 8.81. The highest BCUT2D eigenvalue weighted by Crippen LogP contribution is 2.40. The maximum absolute atomic E-state index is 12.7. The molecule has 0 aliphatic heterocycles. The SMILES string of the molecule is COC(=O)C1(CO[Si](c2ccccc2)(c2ccccc2)C(C)(C)C)CC=CC1=O. The number of methoxy groups -OCH3 is 1. The summed E-state index contributed by atoms with van der Waals surface area (Å²) in [5, 5.41) is 1.98. The Bertz CT molecular complexity index is 860. The van der Waals surface area contributed by atoms with Crippen LogP contribution in [0.4, 0.5) is 0 Å². The highest BCUT2D eigenvalue weighted by Gasteiger charge is 2.54. The summed E-state index contributed by atoms with van der Waals surface area (Å²) in [6.45, 7) is 6.50. The van der Waals surface area contributed by atoms with E-state index in [0.717, 1.165) is 10.4 Å². The van der Waals surface area contributed by atoms with Crippen molar-refractivity contribution in [3.63, 3.8) is 0 Å². The lowest BCUT2D eigenvalue weighted by Gasteiger charge is -2.44. The van der Waals surface area contributed by atoms with Gasteiger partial charge < -0.3 is 9.16 Å². The van der Waals surface area contributed by atoms with Crippen LogP contribution < -0.4 is 10.4 Å². The Kier molecular flexibility index (Phi) is 5.92. The smallest absolute Gasteiger partial charge is 0.322 e. The van der Waals surface area contributed by atoms with Crippen LogP contribution in [0.15, 0.2) is 72.8 Å². The summed E-state index contributed by atoms with van der Waals surface area (Å²) in [5.74, 6) is -0.785. The molecule has 0 saturated carbocycles. The topological polar surface area (TPSA) is 52.6 Å². The Labute approximate surface area is 173 Å². The molecule has 0 spiro atoms. The summed E-state index contributed by atoms with van der Waals surface area (Å²) < 4.78 is 11.8. The highest BCUT2D eigenvalue weighted by atomic mass is 28.4. The number of ether oxygens (including phenoxy) is 1. The fraction of sp³-hybridized carbons (Fsp3) is 0.333. The lowest BCUT2D eigenvalue weighted by Crippen LogP contribution is -2.67. The summed E-state index contributed by atoms with van der Waals surface area (Å²) in [5.41, 5.74) is -1.30. The van der Waals surface area contributed by atoms with Gasteiger partial charge in [-0.05, 0) is 27.9 Å². The van der Waals surface area contributed by atoms with Gasteiger partial charge in [-0.2, -0.15) is 0 Å². The first-order chi connectivity index (χ1) is 13.8. The maximum atomic E-state index is 12.7. The normalized spacial score (nSPS) is 19.4. The third kappa shape index (κ3) is 3.60. The van der Waals surface area contributed by atoms with Gasteiger partial charge in [0.2, 0.25) is 0 Å². The van der Waals surface area contributed by atoms with Crippen molar-refractivity contribution in [3.8, 4) is 0 Å². The average Bonchev–Trinajstić information content (AvgIpc) is 3.10. The summed E-state index contributed by atoms with van der Waals surface area (Å²) in [4.78, 5) is 25.3. The average molecular weight is 409 g/mol. The van der Waals surface area contributed by atoms with Crippen LogP contribution in [0.3, 0.4) is 0 Å². The van der Waals surface area contributed by atoms with Crippen LogP contribution in [0.1, 0.15) is 27.2 Å². The van der Waals surface area contributed by atoms with Crippen molar-refractivity contribution in [2.45, 2.75) is 32.2 Å². The van der Waals surface area contributed by atoms with E-state index in [1.807, 2.05) is 36.4 Å². The van der Waals surface area contributed by atoms with E-state index in [2.05, 4.69) is 45.0 Å². The van der Waals surface area contributed by atoms with Crippen LogP contribution in [0.2, 0.25) is 5.04 Å². The molecule has 2 aromatic rings. The van der Waals surface area contributed by atoms with E-state index in [9.17, 15) is 9.59 Å². The van der Waals surface area contributed by atoms with Gasteiger partial charge in [-0.25, -0.2) is 0 Å². The highest BCUT2D eigenvalue weighted by molar-refractivity contribution is 6.99. The van der Waals surface area contributed by atoms with Gasteiger partial charge in [0.15, 0.2) is 11.2 Å². The number of rotatable bonds is 6. The predicted octanol–water partition coefficient (Wildman–Crippen LogP) is 3.25. The van der Waals surface area contributed by atoms with Gasteiger partial charge in [-0.15, -0.1) is 0 Å². The van der Waals surface area contributed by atoms with Crippen molar-refractivity contribution in [2.24, 2.45) is 5.41 Å². The second kappa shape index (κ2) is 8.09. The number of esters is 1. The van der Waals surface area contributed by atoms with E-state index in [-0.39, 0.29) is 17.4 Å². The first-order valence-corrected chi connectivity index (χ1v) is 11.7. The minimum absolute atomic E-state index is 0.00120. The van der Waals surface area contributed by atoms with Gasteiger partial charge in [-0.3, -0.25) is 9.59 Å². The molecule has 152 valence electrons. The lowest BCUT2D eigenvalue weighted by molar-refractivity contribution is -0.158. The molecule has 1 atom stereocenters. The number of carbonyl (C=O) groups is 2. The van der Waals surface area contributed by atoms with E-state index in [1.54, 1.807) is 6.08 Å². The number of carbonyl (C=O) groups excluding carboxylic acids is 2. The molecule has 0 N–H and O–H groups in total. The number of ketones is 1. The monoisotopic (exact) mass is 408 g/mol. The fourth-order valence-electron chi connectivity index (χ4n) is 4.19. The second-order valence-corrected chi connectivity index (χ2v) is 12.8.